The largest absolute Gasteiger partial charge is 0.282 e. The lowest BCUT2D eigenvalue weighted by atomic mass is 9.64. The molecule has 1 aromatic heterocycles. The van der Waals surface area contributed by atoms with Crippen LogP contribution in [0.3, 0.4) is 0 Å². The van der Waals surface area contributed by atoms with Gasteiger partial charge in [-0.3, -0.25) is 19.8 Å². The monoisotopic (exact) mass is 471 g/mol. The maximum absolute atomic E-state index is 14.1. The zero-order valence-electron chi connectivity index (χ0n) is 19.7. The fraction of sp³-hybridized carbons (Fsp3) is 0.444. The van der Waals surface area contributed by atoms with E-state index in [0.717, 1.165) is 56.9 Å². The van der Waals surface area contributed by atoms with Crippen molar-refractivity contribution in [2.75, 3.05) is 4.90 Å². The highest BCUT2D eigenvalue weighted by atomic mass is 16.6. The Morgan fingerprint density at radius 1 is 0.943 bits per heavy atom. The molecule has 2 atom stereocenters. The Bertz CT molecular complexity index is 1260. The predicted molar refractivity (Wildman–Crippen MR) is 132 cm³/mol. The summed E-state index contributed by atoms with van der Waals surface area (Å²) in [6, 6.07) is 16.1. The van der Waals surface area contributed by atoms with Crippen LogP contribution in [0.2, 0.25) is 0 Å². The summed E-state index contributed by atoms with van der Waals surface area (Å²) in [4.78, 5) is 32.1. The first kappa shape index (κ1) is 21.9. The molecule has 35 heavy (non-hydrogen) atoms. The van der Waals surface area contributed by atoms with Crippen LogP contribution in [0.4, 0.5) is 11.6 Å². The first-order valence-electron chi connectivity index (χ1n) is 12.7. The molecule has 1 spiro atoms. The number of carbonyl (C=O) groups excluding carboxylic acids is 1. The molecule has 2 aliphatic carbocycles. The van der Waals surface area contributed by atoms with Crippen molar-refractivity contribution in [3.63, 3.8) is 0 Å². The van der Waals surface area contributed by atoms with Gasteiger partial charge in [0.1, 0.15) is 5.56 Å². The van der Waals surface area contributed by atoms with Crippen LogP contribution in [-0.2, 0) is 5.54 Å². The fourth-order valence-electron chi connectivity index (χ4n) is 6.75. The number of hydrogen-bond acceptors (Lipinski definition) is 5. The number of nitrogens with zero attached hydrogens (tertiary/aromatic N) is 5. The average Bonchev–Trinajstić information content (AvgIpc) is 3.36. The molecule has 0 radical (unpaired) electrons. The number of amides is 1. The van der Waals surface area contributed by atoms with Gasteiger partial charge in [-0.1, -0.05) is 74.6 Å². The van der Waals surface area contributed by atoms with Gasteiger partial charge in [0.15, 0.2) is 5.82 Å². The van der Waals surface area contributed by atoms with Crippen LogP contribution in [0.15, 0.2) is 54.6 Å². The Morgan fingerprint density at radius 3 is 2.43 bits per heavy atom. The van der Waals surface area contributed by atoms with Gasteiger partial charge in [-0.15, -0.1) is 5.10 Å². The highest BCUT2D eigenvalue weighted by molar-refractivity contribution is 6.08. The van der Waals surface area contributed by atoms with E-state index in [2.05, 4.69) is 0 Å². The van der Waals surface area contributed by atoms with Gasteiger partial charge in [-0.2, -0.15) is 4.98 Å². The van der Waals surface area contributed by atoms with Crippen molar-refractivity contribution >= 4 is 17.5 Å². The minimum atomic E-state index is -0.474. The Labute approximate surface area is 204 Å². The van der Waals surface area contributed by atoms with Crippen molar-refractivity contribution in [1.82, 2.24) is 14.8 Å². The molecule has 2 fully saturated rings. The fourth-order valence-corrected chi connectivity index (χ4v) is 6.75. The van der Waals surface area contributed by atoms with Crippen molar-refractivity contribution in [1.29, 1.82) is 0 Å². The molecule has 0 saturated heterocycles. The number of para-hydroxylation sites is 1. The molecule has 1 amide bonds. The van der Waals surface area contributed by atoms with E-state index < -0.39 is 4.92 Å². The standard InChI is InChI=1S/C27H29N5O3/c33-25(20-13-5-7-15-22(20)32(34)35)30-23-16-8-6-14-21(23)27(17-9-2-10-18-27)31-26(30)28-24(29-31)19-11-3-1-4-12-19/h1,3-5,7,11-13,15,21,23H,2,6,8-10,14,16-18H2/t21-,23+/m1/s1. The number of anilines is 1. The number of rotatable bonds is 3. The van der Waals surface area contributed by atoms with E-state index >= 15 is 0 Å². The summed E-state index contributed by atoms with van der Waals surface area (Å²) in [5.74, 6) is 1.05. The third kappa shape index (κ3) is 3.46. The minimum absolute atomic E-state index is 0.0329. The quantitative estimate of drug-likeness (QED) is 0.359. The van der Waals surface area contributed by atoms with Gasteiger partial charge in [-0.05, 0) is 31.7 Å². The van der Waals surface area contributed by atoms with Gasteiger partial charge in [0.2, 0.25) is 5.95 Å². The smallest absolute Gasteiger partial charge is 0.273 e. The van der Waals surface area contributed by atoms with Crippen molar-refractivity contribution in [2.45, 2.75) is 69.4 Å². The number of nitro groups is 1. The number of hydrogen-bond donors (Lipinski definition) is 0. The molecule has 2 saturated carbocycles. The van der Waals surface area contributed by atoms with E-state index in [0.29, 0.717) is 11.8 Å². The summed E-state index contributed by atoms with van der Waals surface area (Å²) in [6.07, 6.45) is 9.65. The highest BCUT2D eigenvalue weighted by Crippen LogP contribution is 2.53. The second-order valence-corrected chi connectivity index (χ2v) is 10.1. The van der Waals surface area contributed by atoms with Crippen LogP contribution in [0.1, 0.15) is 68.1 Å². The molecular weight excluding hydrogens is 442 g/mol. The average molecular weight is 472 g/mol. The molecule has 2 aromatic carbocycles. The number of nitro benzene ring substituents is 1. The lowest BCUT2D eigenvalue weighted by molar-refractivity contribution is -0.385. The molecule has 2 heterocycles. The summed E-state index contributed by atoms with van der Waals surface area (Å²) in [6.45, 7) is 0. The summed E-state index contributed by atoms with van der Waals surface area (Å²) in [7, 11) is 0. The van der Waals surface area contributed by atoms with Crippen LogP contribution in [-0.4, -0.2) is 31.6 Å². The van der Waals surface area contributed by atoms with E-state index in [9.17, 15) is 14.9 Å². The van der Waals surface area contributed by atoms with E-state index in [4.69, 9.17) is 10.1 Å². The Balaban J connectivity index is 1.56. The number of aromatic nitrogens is 3. The molecule has 0 bridgehead atoms. The van der Waals surface area contributed by atoms with Crippen molar-refractivity contribution in [3.05, 3.63) is 70.3 Å². The van der Waals surface area contributed by atoms with E-state index in [1.807, 2.05) is 35.0 Å². The number of fused-ring (bicyclic) bond motifs is 4. The lowest BCUT2D eigenvalue weighted by Gasteiger charge is -2.55. The van der Waals surface area contributed by atoms with Gasteiger partial charge in [0.25, 0.3) is 11.6 Å². The second kappa shape index (κ2) is 8.59. The molecule has 8 heteroatoms. The zero-order valence-corrected chi connectivity index (χ0v) is 19.7. The normalized spacial score (nSPS) is 22.9. The molecule has 0 N–H and O–H groups in total. The van der Waals surface area contributed by atoms with Crippen LogP contribution < -0.4 is 4.90 Å². The predicted octanol–water partition coefficient (Wildman–Crippen LogP) is 5.73. The third-order valence-corrected chi connectivity index (χ3v) is 8.28. The van der Waals surface area contributed by atoms with E-state index in [1.54, 1.807) is 23.1 Å². The van der Waals surface area contributed by atoms with Gasteiger partial charge < -0.3 is 0 Å². The van der Waals surface area contributed by atoms with Crippen molar-refractivity contribution < 1.29 is 9.72 Å². The molecule has 180 valence electrons. The van der Waals surface area contributed by atoms with Crippen LogP contribution in [0.5, 0.6) is 0 Å². The maximum Gasteiger partial charge on any atom is 0.282 e. The maximum atomic E-state index is 14.1. The summed E-state index contributed by atoms with van der Waals surface area (Å²) >= 11 is 0. The highest BCUT2D eigenvalue weighted by Gasteiger charge is 2.55. The molecule has 3 aliphatic rings. The Kier molecular flexibility index (Phi) is 5.39. The summed E-state index contributed by atoms with van der Waals surface area (Å²) < 4.78 is 2.05. The first-order valence-corrected chi connectivity index (χ1v) is 12.7. The molecule has 6 rings (SSSR count). The summed E-state index contributed by atoms with van der Waals surface area (Å²) in [5, 5.41) is 16.8. The van der Waals surface area contributed by atoms with E-state index in [1.165, 1.54) is 12.5 Å². The lowest BCUT2D eigenvalue weighted by Crippen LogP contribution is -2.61. The second-order valence-electron chi connectivity index (χ2n) is 10.1. The molecule has 1 aliphatic heterocycles. The number of carbonyl (C=O) groups is 1. The molecule has 3 aromatic rings. The van der Waals surface area contributed by atoms with Crippen LogP contribution >= 0.6 is 0 Å². The van der Waals surface area contributed by atoms with Gasteiger partial charge >= 0.3 is 0 Å². The Morgan fingerprint density at radius 2 is 1.66 bits per heavy atom. The van der Waals surface area contributed by atoms with Gasteiger partial charge in [0.05, 0.1) is 10.5 Å². The van der Waals surface area contributed by atoms with Crippen molar-refractivity contribution in [3.8, 4) is 11.4 Å². The summed E-state index contributed by atoms with van der Waals surface area (Å²) in [5.41, 5.74) is 0.689. The minimum Gasteiger partial charge on any atom is -0.273 e. The van der Waals surface area contributed by atoms with Crippen LogP contribution in [0.25, 0.3) is 11.4 Å². The number of benzene rings is 2. The molecule has 0 unspecified atom stereocenters. The van der Waals surface area contributed by atoms with E-state index in [-0.39, 0.29) is 34.7 Å². The zero-order chi connectivity index (χ0) is 24.0. The van der Waals surface area contributed by atoms with Crippen molar-refractivity contribution in [2.24, 2.45) is 5.92 Å². The SMILES string of the molecule is O=C(c1ccccc1[N+](=O)[O-])N1c2nc(-c3ccccc3)nn2C2(CCCCC2)[C@@H]2CCCC[C@@H]21. The molecule has 8 nitrogen and oxygen atoms in total. The van der Waals surface area contributed by atoms with Gasteiger partial charge in [-0.25, -0.2) is 4.68 Å². The Hall–Kier alpha value is -3.55. The van der Waals surface area contributed by atoms with Gasteiger partial charge in [0, 0.05) is 23.6 Å². The molecular formula is C27H29N5O3. The van der Waals surface area contributed by atoms with Crippen LogP contribution in [0, 0.1) is 16.0 Å². The third-order valence-electron chi connectivity index (χ3n) is 8.28. The topological polar surface area (TPSA) is 94.2 Å². The first-order chi connectivity index (χ1) is 17.1.